The molecule has 1 saturated heterocycles. The maximum Gasteiger partial charge on any atom is 0.253 e. The Labute approximate surface area is 131 Å². The molecule has 22 heavy (non-hydrogen) atoms. The summed E-state index contributed by atoms with van der Waals surface area (Å²) in [6.07, 6.45) is 1.79. The molecule has 2 aromatic carbocycles. The van der Waals surface area contributed by atoms with E-state index in [1.165, 1.54) is 0 Å². The van der Waals surface area contributed by atoms with Crippen molar-refractivity contribution in [3.05, 3.63) is 60.2 Å². The third kappa shape index (κ3) is 3.20. The minimum absolute atomic E-state index is 0.0935. The van der Waals surface area contributed by atoms with Crippen LogP contribution in [0.4, 0.5) is 0 Å². The first kappa shape index (κ1) is 14.8. The third-order valence-corrected chi connectivity index (χ3v) is 4.40. The lowest BCUT2D eigenvalue weighted by Crippen LogP contribution is -2.39. The third-order valence-electron chi connectivity index (χ3n) is 4.40. The number of likely N-dealkylation sites (tertiary alicyclic amines) is 1. The number of carbonyl (C=O) groups is 1. The van der Waals surface area contributed by atoms with E-state index < -0.39 is 0 Å². The van der Waals surface area contributed by atoms with Crippen LogP contribution in [0.15, 0.2) is 54.6 Å². The molecule has 0 unspecified atom stereocenters. The van der Waals surface area contributed by atoms with Gasteiger partial charge < -0.3 is 10.0 Å². The molecule has 3 nitrogen and oxygen atoms in total. The van der Waals surface area contributed by atoms with Crippen LogP contribution in [-0.4, -0.2) is 35.6 Å². The van der Waals surface area contributed by atoms with Gasteiger partial charge in [0.2, 0.25) is 0 Å². The zero-order valence-corrected chi connectivity index (χ0v) is 12.6. The molecule has 1 aliphatic heterocycles. The van der Waals surface area contributed by atoms with Gasteiger partial charge in [-0.2, -0.15) is 0 Å². The van der Waals surface area contributed by atoms with Gasteiger partial charge in [-0.3, -0.25) is 4.79 Å². The summed E-state index contributed by atoms with van der Waals surface area (Å²) in [5.74, 6) is 0.445. The zero-order valence-electron chi connectivity index (χ0n) is 12.6. The van der Waals surface area contributed by atoms with E-state index in [0.29, 0.717) is 5.92 Å². The summed E-state index contributed by atoms with van der Waals surface area (Å²) >= 11 is 0. The van der Waals surface area contributed by atoms with Crippen molar-refractivity contribution in [3.8, 4) is 11.1 Å². The molecule has 1 heterocycles. The molecule has 0 saturated carbocycles. The van der Waals surface area contributed by atoms with Crippen molar-refractivity contribution in [2.75, 3.05) is 19.7 Å². The molecule has 0 bridgehead atoms. The molecule has 0 radical (unpaired) electrons. The molecule has 0 spiro atoms. The van der Waals surface area contributed by atoms with Gasteiger partial charge in [-0.25, -0.2) is 0 Å². The van der Waals surface area contributed by atoms with Crippen molar-refractivity contribution < 1.29 is 9.90 Å². The summed E-state index contributed by atoms with van der Waals surface area (Å²) < 4.78 is 0. The van der Waals surface area contributed by atoms with Crippen molar-refractivity contribution in [2.24, 2.45) is 5.92 Å². The Morgan fingerprint density at radius 1 is 0.955 bits per heavy atom. The van der Waals surface area contributed by atoms with Gasteiger partial charge in [-0.15, -0.1) is 0 Å². The minimum Gasteiger partial charge on any atom is -0.396 e. The van der Waals surface area contributed by atoms with Gasteiger partial charge in [0.1, 0.15) is 0 Å². The second-order valence-electron chi connectivity index (χ2n) is 5.86. The highest BCUT2D eigenvalue weighted by atomic mass is 16.3. The Bertz CT molecular complexity index is 614. The molecule has 1 aliphatic rings. The topological polar surface area (TPSA) is 40.5 Å². The lowest BCUT2D eigenvalue weighted by molar-refractivity contribution is 0.0651. The summed E-state index contributed by atoms with van der Waals surface area (Å²) in [5.41, 5.74) is 3.02. The van der Waals surface area contributed by atoms with Crippen LogP contribution >= 0.6 is 0 Å². The Hall–Kier alpha value is -2.13. The van der Waals surface area contributed by atoms with E-state index in [4.69, 9.17) is 5.11 Å². The first-order chi connectivity index (χ1) is 10.8. The lowest BCUT2D eigenvalue weighted by atomic mass is 9.97. The number of piperidine rings is 1. The number of aliphatic hydroxyl groups is 1. The first-order valence-electron chi connectivity index (χ1n) is 7.83. The van der Waals surface area contributed by atoms with Gasteiger partial charge in [0.05, 0.1) is 0 Å². The van der Waals surface area contributed by atoms with Crippen molar-refractivity contribution in [1.82, 2.24) is 4.90 Å². The van der Waals surface area contributed by atoms with Crippen LogP contribution in [0.3, 0.4) is 0 Å². The molecule has 0 atom stereocenters. The van der Waals surface area contributed by atoms with Gasteiger partial charge >= 0.3 is 0 Å². The molecule has 1 fully saturated rings. The second-order valence-corrected chi connectivity index (χ2v) is 5.86. The fourth-order valence-electron chi connectivity index (χ4n) is 2.94. The van der Waals surface area contributed by atoms with E-state index in [0.717, 1.165) is 42.6 Å². The van der Waals surface area contributed by atoms with E-state index in [-0.39, 0.29) is 12.5 Å². The fourth-order valence-corrected chi connectivity index (χ4v) is 2.94. The maximum atomic E-state index is 12.5. The summed E-state index contributed by atoms with van der Waals surface area (Å²) in [6, 6.07) is 18.0. The summed E-state index contributed by atoms with van der Waals surface area (Å²) in [7, 11) is 0. The average Bonchev–Trinajstić information content (AvgIpc) is 2.62. The number of aliphatic hydroxyl groups excluding tert-OH is 1. The number of hydrogen-bond donors (Lipinski definition) is 1. The number of carbonyl (C=O) groups excluding carboxylic acids is 1. The van der Waals surface area contributed by atoms with E-state index >= 15 is 0 Å². The lowest BCUT2D eigenvalue weighted by Gasteiger charge is -2.31. The highest BCUT2D eigenvalue weighted by molar-refractivity contribution is 5.94. The molecule has 0 aliphatic carbocycles. The van der Waals surface area contributed by atoms with Crippen LogP contribution in [0.1, 0.15) is 23.2 Å². The van der Waals surface area contributed by atoms with Gasteiger partial charge in [-0.05, 0) is 42.0 Å². The van der Waals surface area contributed by atoms with Crippen molar-refractivity contribution in [1.29, 1.82) is 0 Å². The fraction of sp³-hybridized carbons (Fsp3) is 0.316. The van der Waals surface area contributed by atoms with Crippen molar-refractivity contribution in [2.45, 2.75) is 12.8 Å². The predicted octanol–water partition coefficient (Wildman–Crippen LogP) is 3.20. The van der Waals surface area contributed by atoms with Gasteiger partial charge in [0, 0.05) is 25.3 Å². The van der Waals surface area contributed by atoms with Crippen molar-refractivity contribution in [3.63, 3.8) is 0 Å². The van der Waals surface area contributed by atoms with E-state index in [1.807, 2.05) is 47.4 Å². The summed E-state index contributed by atoms with van der Waals surface area (Å²) in [5, 5.41) is 9.17. The van der Waals surface area contributed by atoms with Crippen LogP contribution < -0.4 is 0 Å². The number of rotatable bonds is 3. The molecular weight excluding hydrogens is 274 g/mol. The summed E-state index contributed by atoms with van der Waals surface area (Å²) in [4.78, 5) is 14.4. The molecule has 0 aromatic heterocycles. The van der Waals surface area contributed by atoms with E-state index in [9.17, 15) is 4.79 Å². The Kier molecular flexibility index (Phi) is 4.54. The highest BCUT2D eigenvalue weighted by Gasteiger charge is 2.23. The quantitative estimate of drug-likeness (QED) is 0.944. The zero-order chi connectivity index (χ0) is 15.4. The normalized spacial score (nSPS) is 15.8. The molecular formula is C19H21NO2. The maximum absolute atomic E-state index is 12.5. The molecule has 1 amide bonds. The minimum atomic E-state index is 0.0935. The van der Waals surface area contributed by atoms with Crippen molar-refractivity contribution >= 4 is 5.91 Å². The Balaban J connectivity index is 1.69. The first-order valence-corrected chi connectivity index (χ1v) is 7.83. The van der Waals surface area contributed by atoms with Crippen LogP contribution in [0.5, 0.6) is 0 Å². The molecule has 114 valence electrons. The Morgan fingerprint density at radius 2 is 1.55 bits per heavy atom. The second kappa shape index (κ2) is 6.75. The summed E-state index contributed by atoms with van der Waals surface area (Å²) in [6.45, 7) is 1.71. The monoisotopic (exact) mass is 295 g/mol. The smallest absolute Gasteiger partial charge is 0.253 e. The Morgan fingerprint density at radius 3 is 2.14 bits per heavy atom. The predicted molar refractivity (Wildman–Crippen MR) is 87.6 cm³/mol. The number of nitrogens with zero attached hydrogens (tertiary/aromatic N) is 1. The van der Waals surface area contributed by atoms with E-state index in [2.05, 4.69) is 12.1 Å². The van der Waals surface area contributed by atoms with Crippen LogP contribution in [0.2, 0.25) is 0 Å². The number of amides is 1. The van der Waals surface area contributed by atoms with Crippen LogP contribution in [0, 0.1) is 5.92 Å². The van der Waals surface area contributed by atoms with Crippen LogP contribution in [0.25, 0.3) is 11.1 Å². The van der Waals surface area contributed by atoms with Crippen LogP contribution in [-0.2, 0) is 0 Å². The molecule has 3 heteroatoms. The highest BCUT2D eigenvalue weighted by Crippen LogP contribution is 2.22. The SMILES string of the molecule is O=C(c1ccc(-c2ccccc2)cc1)N1CCC(CO)CC1. The molecule has 1 N–H and O–H groups in total. The van der Waals surface area contributed by atoms with Gasteiger partial charge in [0.25, 0.3) is 5.91 Å². The van der Waals surface area contributed by atoms with Gasteiger partial charge in [0.15, 0.2) is 0 Å². The number of benzene rings is 2. The van der Waals surface area contributed by atoms with Gasteiger partial charge in [-0.1, -0.05) is 42.5 Å². The average molecular weight is 295 g/mol. The van der Waals surface area contributed by atoms with E-state index in [1.54, 1.807) is 0 Å². The molecule has 2 aromatic rings. The largest absolute Gasteiger partial charge is 0.396 e. The number of hydrogen-bond acceptors (Lipinski definition) is 2. The standard InChI is InChI=1S/C19H21NO2/c21-14-15-10-12-20(13-11-15)19(22)18-8-6-17(7-9-18)16-4-2-1-3-5-16/h1-9,15,21H,10-14H2. The molecule has 3 rings (SSSR count).